The lowest BCUT2D eigenvalue weighted by atomic mass is 9.53. The Morgan fingerprint density at radius 1 is 1.24 bits per heavy atom. The zero-order chi connectivity index (χ0) is 21.0. The van der Waals surface area contributed by atoms with Gasteiger partial charge < -0.3 is 4.74 Å². The van der Waals surface area contributed by atoms with Gasteiger partial charge in [-0.3, -0.25) is 14.4 Å². The van der Waals surface area contributed by atoms with Gasteiger partial charge in [-0.15, -0.1) is 0 Å². The van der Waals surface area contributed by atoms with Gasteiger partial charge in [-0.1, -0.05) is 44.1 Å². The van der Waals surface area contributed by atoms with E-state index in [0.717, 1.165) is 44.0 Å². The zero-order valence-corrected chi connectivity index (χ0v) is 17.8. The lowest BCUT2D eigenvalue weighted by molar-refractivity contribution is -0.144. The molecule has 29 heavy (non-hydrogen) atoms. The van der Waals surface area contributed by atoms with Crippen LogP contribution in [0.5, 0.6) is 0 Å². The molecule has 0 N–H and O–H groups in total. The van der Waals surface area contributed by atoms with Crippen LogP contribution in [0.25, 0.3) is 0 Å². The van der Waals surface area contributed by atoms with E-state index in [0.29, 0.717) is 11.8 Å². The predicted molar refractivity (Wildman–Crippen MR) is 111 cm³/mol. The fourth-order valence-corrected chi connectivity index (χ4v) is 6.13. The number of rotatable bonds is 3. The van der Waals surface area contributed by atoms with E-state index < -0.39 is 0 Å². The van der Waals surface area contributed by atoms with Crippen LogP contribution in [-0.4, -0.2) is 18.0 Å². The summed E-state index contributed by atoms with van der Waals surface area (Å²) in [5.74, 6) is 0.560. The van der Waals surface area contributed by atoms with Crippen molar-refractivity contribution < 1.29 is 19.1 Å². The molecule has 2 fully saturated rings. The fourth-order valence-electron chi connectivity index (χ4n) is 6.13. The minimum absolute atomic E-state index is 0.0888. The van der Waals surface area contributed by atoms with Gasteiger partial charge in [0.05, 0.1) is 5.92 Å². The first-order chi connectivity index (χ1) is 13.7. The van der Waals surface area contributed by atoms with Crippen molar-refractivity contribution in [3.8, 4) is 0 Å². The molecule has 4 heteroatoms. The molecule has 0 unspecified atom stereocenters. The largest absolute Gasteiger partial charge is 0.423 e. The average Bonchev–Trinajstić information content (AvgIpc) is 3.03. The highest BCUT2D eigenvalue weighted by molar-refractivity contribution is 6.01. The first kappa shape index (κ1) is 20.1. The standard InChI is InChI=1S/C25H30O4/c1-15(2)23(28)29-22(14-26)21-8-7-19-18-6-5-16-13-17(27)9-11-24(16,3)20(18)10-12-25(19,21)4/h9-11,13-15,18-19H,5-8,12H2,1-4H3/t18-,19-,24-,25-/m0/s1. The minimum Gasteiger partial charge on any atom is -0.423 e. The third-order valence-corrected chi connectivity index (χ3v) is 7.82. The number of aldehydes is 1. The van der Waals surface area contributed by atoms with Crippen LogP contribution >= 0.6 is 0 Å². The van der Waals surface area contributed by atoms with Gasteiger partial charge in [-0.2, -0.15) is 0 Å². The van der Waals surface area contributed by atoms with Crippen molar-refractivity contribution in [3.63, 3.8) is 0 Å². The van der Waals surface area contributed by atoms with Gasteiger partial charge in [0.1, 0.15) is 0 Å². The van der Waals surface area contributed by atoms with Gasteiger partial charge in [0.15, 0.2) is 17.8 Å². The van der Waals surface area contributed by atoms with Crippen molar-refractivity contribution in [1.82, 2.24) is 0 Å². The third kappa shape index (κ3) is 2.99. The van der Waals surface area contributed by atoms with Crippen LogP contribution in [-0.2, 0) is 19.1 Å². The van der Waals surface area contributed by atoms with E-state index in [1.54, 1.807) is 19.9 Å². The lowest BCUT2D eigenvalue weighted by Crippen LogP contribution is -2.42. The molecule has 4 nitrogen and oxygen atoms in total. The van der Waals surface area contributed by atoms with Crippen LogP contribution in [0.3, 0.4) is 0 Å². The van der Waals surface area contributed by atoms with Crippen LogP contribution < -0.4 is 0 Å². The predicted octanol–water partition coefficient (Wildman–Crippen LogP) is 4.87. The van der Waals surface area contributed by atoms with Crippen LogP contribution in [0.15, 0.2) is 46.8 Å². The molecule has 0 radical (unpaired) electrons. The SMILES string of the molecule is CC(C)C(=O)OC(C=O)=C1CC[C@H]2[C@@H]3CCC4=CC(=O)C=C[C@]4(C)C3=CC[C@]12C. The molecule has 4 rings (SSSR count). The number of esters is 1. The maximum Gasteiger partial charge on any atom is 0.313 e. The van der Waals surface area contributed by atoms with Crippen molar-refractivity contribution in [2.24, 2.45) is 28.6 Å². The summed E-state index contributed by atoms with van der Waals surface area (Å²) in [6, 6.07) is 0. The molecule has 0 aromatic rings. The topological polar surface area (TPSA) is 60.4 Å². The third-order valence-electron chi connectivity index (χ3n) is 7.82. The Labute approximate surface area is 172 Å². The summed E-state index contributed by atoms with van der Waals surface area (Å²) in [6.45, 7) is 8.02. The normalized spacial score (nSPS) is 37.2. The Morgan fingerprint density at radius 3 is 2.69 bits per heavy atom. The monoisotopic (exact) mass is 394 g/mol. The van der Waals surface area contributed by atoms with Crippen molar-refractivity contribution in [1.29, 1.82) is 0 Å². The van der Waals surface area contributed by atoms with Crippen molar-refractivity contribution in [2.45, 2.75) is 59.8 Å². The van der Waals surface area contributed by atoms with E-state index in [1.165, 1.54) is 11.1 Å². The van der Waals surface area contributed by atoms with Gasteiger partial charge in [0.25, 0.3) is 0 Å². The summed E-state index contributed by atoms with van der Waals surface area (Å²) in [5, 5.41) is 0. The molecule has 154 valence electrons. The Kier molecular flexibility index (Phi) is 4.79. The quantitative estimate of drug-likeness (QED) is 0.225. The second kappa shape index (κ2) is 6.93. The Morgan fingerprint density at radius 2 is 2.00 bits per heavy atom. The molecular weight excluding hydrogens is 364 g/mol. The highest BCUT2D eigenvalue weighted by Gasteiger charge is 2.54. The van der Waals surface area contributed by atoms with Crippen molar-refractivity contribution >= 4 is 18.0 Å². The summed E-state index contributed by atoms with van der Waals surface area (Å²) < 4.78 is 5.51. The smallest absolute Gasteiger partial charge is 0.313 e. The summed E-state index contributed by atoms with van der Waals surface area (Å²) in [4.78, 5) is 35.8. The highest BCUT2D eigenvalue weighted by atomic mass is 16.5. The molecule has 0 bridgehead atoms. The summed E-state index contributed by atoms with van der Waals surface area (Å²) in [7, 11) is 0. The molecule has 4 aliphatic rings. The number of ether oxygens (including phenoxy) is 1. The first-order valence-electron chi connectivity index (χ1n) is 10.8. The highest BCUT2D eigenvalue weighted by Crippen LogP contribution is 2.64. The van der Waals surface area contributed by atoms with E-state index >= 15 is 0 Å². The summed E-state index contributed by atoms with van der Waals surface area (Å²) in [5.41, 5.74) is 3.33. The Bertz CT molecular complexity index is 900. The fraction of sp³-hybridized carbons (Fsp3) is 0.560. The molecule has 0 saturated heterocycles. The average molecular weight is 395 g/mol. The molecule has 4 atom stereocenters. The van der Waals surface area contributed by atoms with Crippen molar-refractivity contribution in [2.75, 3.05) is 0 Å². The molecule has 2 saturated carbocycles. The van der Waals surface area contributed by atoms with Gasteiger partial charge >= 0.3 is 5.97 Å². The van der Waals surface area contributed by atoms with Crippen LogP contribution in [0.4, 0.5) is 0 Å². The number of ketones is 1. The minimum atomic E-state index is -0.351. The number of fused-ring (bicyclic) bond motifs is 5. The van der Waals surface area contributed by atoms with Crippen LogP contribution in [0.2, 0.25) is 0 Å². The molecular formula is C25H30O4. The summed E-state index contributed by atoms with van der Waals surface area (Å²) >= 11 is 0. The number of carbonyl (C=O) groups is 3. The summed E-state index contributed by atoms with van der Waals surface area (Å²) in [6.07, 6.45) is 13.3. The maximum atomic E-state index is 12.1. The van der Waals surface area contributed by atoms with E-state index in [2.05, 4.69) is 26.0 Å². The Hall–Kier alpha value is -2.23. The van der Waals surface area contributed by atoms with E-state index in [4.69, 9.17) is 4.74 Å². The second-order valence-electron chi connectivity index (χ2n) is 9.72. The maximum absolute atomic E-state index is 12.1. The second-order valence-corrected chi connectivity index (χ2v) is 9.72. The van der Waals surface area contributed by atoms with Crippen LogP contribution in [0.1, 0.15) is 59.8 Å². The van der Waals surface area contributed by atoms with E-state index in [-0.39, 0.29) is 34.3 Å². The molecule has 0 aromatic heterocycles. The molecule has 0 heterocycles. The molecule has 4 aliphatic carbocycles. The molecule has 0 aromatic carbocycles. The Balaban J connectivity index is 1.72. The molecule has 0 spiro atoms. The van der Waals surface area contributed by atoms with Gasteiger partial charge in [-0.25, -0.2) is 0 Å². The van der Waals surface area contributed by atoms with E-state index in [1.807, 2.05) is 6.08 Å². The van der Waals surface area contributed by atoms with E-state index in [9.17, 15) is 14.4 Å². The van der Waals surface area contributed by atoms with Gasteiger partial charge in [0, 0.05) is 5.41 Å². The number of carbonyl (C=O) groups excluding carboxylic acids is 3. The van der Waals surface area contributed by atoms with Gasteiger partial charge in [-0.05, 0) is 74.0 Å². The number of allylic oxidation sites excluding steroid dienone is 8. The first-order valence-corrected chi connectivity index (χ1v) is 10.8. The van der Waals surface area contributed by atoms with Crippen molar-refractivity contribution in [3.05, 3.63) is 46.8 Å². The zero-order valence-electron chi connectivity index (χ0n) is 17.8. The lowest BCUT2D eigenvalue weighted by Gasteiger charge is -2.51. The molecule has 0 amide bonds. The number of hydrogen-bond acceptors (Lipinski definition) is 4. The van der Waals surface area contributed by atoms with Crippen LogP contribution in [0, 0.1) is 28.6 Å². The van der Waals surface area contributed by atoms with Gasteiger partial charge in [0.2, 0.25) is 0 Å². The number of hydrogen-bond donors (Lipinski definition) is 0. The molecule has 0 aliphatic heterocycles.